The third-order valence-corrected chi connectivity index (χ3v) is 4.19. The molecule has 0 fully saturated rings. The van der Waals surface area contributed by atoms with E-state index in [1.165, 1.54) is 42.3 Å². The van der Waals surface area contributed by atoms with Crippen LogP contribution in [0.1, 0.15) is 22.5 Å². The molecular weight excluding hydrogens is 356 g/mol. The topological polar surface area (TPSA) is 125 Å². The van der Waals surface area contributed by atoms with Crippen LogP contribution in [0.25, 0.3) is 0 Å². The quantitative estimate of drug-likeness (QED) is 0.442. The van der Waals surface area contributed by atoms with Gasteiger partial charge in [-0.2, -0.15) is 5.10 Å². The first-order valence-corrected chi connectivity index (χ1v) is 8.16. The minimum absolute atomic E-state index is 0.0322. The van der Waals surface area contributed by atoms with Crippen molar-refractivity contribution in [2.75, 3.05) is 18.1 Å². The Kier molecular flexibility index (Phi) is 4.97. The van der Waals surface area contributed by atoms with Gasteiger partial charge in [0, 0.05) is 37.5 Å². The highest BCUT2D eigenvalue weighted by Crippen LogP contribution is 2.30. The van der Waals surface area contributed by atoms with Gasteiger partial charge >= 0.3 is 5.97 Å². The van der Waals surface area contributed by atoms with Gasteiger partial charge in [-0.15, -0.1) is 0 Å². The summed E-state index contributed by atoms with van der Waals surface area (Å²) in [6.45, 7) is -0.0704. The fourth-order valence-electron chi connectivity index (χ4n) is 2.85. The zero-order chi connectivity index (χ0) is 19.6. The first-order chi connectivity index (χ1) is 12.9. The number of anilines is 1. The van der Waals surface area contributed by atoms with E-state index < -0.39 is 23.4 Å². The molecule has 10 heteroatoms. The van der Waals surface area contributed by atoms with Crippen molar-refractivity contribution in [3.05, 3.63) is 62.1 Å². The molecule has 1 aromatic carbocycles. The van der Waals surface area contributed by atoms with Gasteiger partial charge in [-0.05, 0) is 30.5 Å². The van der Waals surface area contributed by atoms with E-state index in [1.54, 1.807) is 0 Å². The van der Waals surface area contributed by atoms with Gasteiger partial charge in [0.2, 0.25) is 0 Å². The van der Waals surface area contributed by atoms with E-state index in [4.69, 9.17) is 4.74 Å². The van der Waals surface area contributed by atoms with E-state index >= 15 is 0 Å². The molecule has 3 rings (SSSR count). The number of rotatable bonds is 4. The molecule has 1 aliphatic rings. The normalized spacial score (nSPS) is 13.0. The Hall–Kier alpha value is -3.56. The highest BCUT2D eigenvalue weighted by Gasteiger charge is 2.25. The SMILES string of the molecule is Cn1nc(C(=O)OCC(=O)N2CCCc3cc([N+](=O)[O-])ccc32)ccc1=O. The molecule has 0 saturated carbocycles. The molecule has 0 bridgehead atoms. The summed E-state index contributed by atoms with van der Waals surface area (Å²) < 4.78 is 5.99. The predicted molar refractivity (Wildman–Crippen MR) is 93.5 cm³/mol. The summed E-state index contributed by atoms with van der Waals surface area (Å²) in [5.41, 5.74) is 0.791. The monoisotopic (exact) mass is 372 g/mol. The van der Waals surface area contributed by atoms with Crippen LogP contribution in [0, 0.1) is 10.1 Å². The molecule has 0 N–H and O–H groups in total. The summed E-state index contributed by atoms with van der Waals surface area (Å²) in [6, 6.07) is 6.73. The first-order valence-electron chi connectivity index (χ1n) is 8.16. The Bertz CT molecular complexity index is 984. The number of aromatic nitrogens is 2. The Morgan fingerprint density at radius 1 is 1.30 bits per heavy atom. The number of benzene rings is 1. The maximum atomic E-state index is 12.5. The Morgan fingerprint density at radius 2 is 2.07 bits per heavy atom. The van der Waals surface area contributed by atoms with Gasteiger partial charge in [0.1, 0.15) is 0 Å². The van der Waals surface area contributed by atoms with E-state index in [9.17, 15) is 24.5 Å². The zero-order valence-corrected chi connectivity index (χ0v) is 14.5. The van der Waals surface area contributed by atoms with Gasteiger partial charge in [-0.1, -0.05) is 0 Å². The number of carbonyl (C=O) groups excluding carboxylic acids is 2. The minimum atomic E-state index is -0.820. The standard InChI is InChI=1S/C17H16N4O6/c1-19-15(22)7-5-13(18-19)17(24)27-10-16(23)20-8-2-3-11-9-12(21(25)26)4-6-14(11)20/h4-7,9H,2-3,8,10H2,1H3. The number of nitro groups is 1. The maximum Gasteiger partial charge on any atom is 0.359 e. The lowest BCUT2D eigenvalue weighted by Gasteiger charge is -2.29. The largest absolute Gasteiger partial charge is 0.451 e. The molecule has 10 nitrogen and oxygen atoms in total. The van der Waals surface area contributed by atoms with Crippen LogP contribution in [0.5, 0.6) is 0 Å². The number of hydrogen-bond donors (Lipinski definition) is 0. The maximum absolute atomic E-state index is 12.5. The first kappa shape index (κ1) is 18.2. The molecular formula is C17H16N4O6. The third kappa shape index (κ3) is 3.84. The highest BCUT2D eigenvalue weighted by molar-refractivity contribution is 5.97. The summed E-state index contributed by atoms with van der Waals surface area (Å²) in [6.07, 6.45) is 1.28. The van der Waals surface area contributed by atoms with Crippen LogP contribution in [0.4, 0.5) is 11.4 Å². The molecule has 2 aromatic rings. The molecule has 1 aromatic heterocycles. The zero-order valence-electron chi connectivity index (χ0n) is 14.5. The van der Waals surface area contributed by atoms with Crippen molar-refractivity contribution in [3.8, 4) is 0 Å². The average Bonchev–Trinajstić information content (AvgIpc) is 2.66. The molecule has 1 amide bonds. The van der Waals surface area contributed by atoms with Gasteiger partial charge in [0.05, 0.1) is 4.92 Å². The fourth-order valence-corrected chi connectivity index (χ4v) is 2.85. The van der Waals surface area contributed by atoms with Gasteiger partial charge in [0.15, 0.2) is 12.3 Å². The number of nitro benzene ring substituents is 1. The van der Waals surface area contributed by atoms with Crippen molar-refractivity contribution >= 4 is 23.3 Å². The van der Waals surface area contributed by atoms with Gasteiger partial charge in [-0.25, -0.2) is 9.48 Å². The molecule has 2 heterocycles. The van der Waals surface area contributed by atoms with Gasteiger partial charge in [0.25, 0.3) is 17.2 Å². The summed E-state index contributed by atoms with van der Waals surface area (Å²) in [5.74, 6) is -1.26. The van der Waals surface area contributed by atoms with Gasteiger partial charge in [-0.3, -0.25) is 19.7 Å². The number of fused-ring (bicyclic) bond motifs is 1. The molecule has 140 valence electrons. The Balaban J connectivity index is 1.70. The third-order valence-electron chi connectivity index (χ3n) is 4.19. The van der Waals surface area contributed by atoms with Crippen molar-refractivity contribution < 1.29 is 19.2 Å². The summed E-state index contributed by atoms with van der Waals surface area (Å²) >= 11 is 0. The van der Waals surface area contributed by atoms with Crippen LogP contribution in [-0.4, -0.2) is 39.7 Å². The van der Waals surface area contributed by atoms with Crippen LogP contribution in [-0.2, 0) is 23.0 Å². The minimum Gasteiger partial charge on any atom is -0.451 e. The summed E-state index contributed by atoms with van der Waals surface area (Å²) in [4.78, 5) is 47.7. The molecule has 0 unspecified atom stereocenters. The number of carbonyl (C=O) groups is 2. The van der Waals surface area contributed by atoms with Crippen LogP contribution < -0.4 is 10.5 Å². The van der Waals surface area contributed by atoms with Crippen LogP contribution in [0.15, 0.2) is 35.1 Å². The van der Waals surface area contributed by atoms with Crippen molar-refractivity contribution in [2.45, 2.75) is 12.8 Å². The second-order valence-corrected chi connectivity index (χ2v) is 5.98. The van der Waals surface area contributed by atoms with E-state index in [2.05, 4.69) is 5.10 Å². The summed E-state index contributed by atoms with van der Waals surface area (Å²) in [7, 11) is 1.40. The second kappa shape index (κ2) is 7.36. The van der Waals surface area contributed by atoms with Gasteiger partial charge < -0.3 is 9.64 Å². The highest BCUT2D eigenvalue weighted by atomic mass is 16.6. The molecule has 0 saturated heterocycles. The molecule has 0 radical (unpaired) electrons. The number of amides is 1. The number of esters is 1. The number of non-ortho nitro benzene ring substituents is 1. The number of ether oxygens (including phenoxy) is 1. The predicted octanol–water partition coefficient (Wildman–Crippen LogP) is 0.825. The summed E-state index contributed by atoms with van der Waals surface area (Å²) in [5, 5.41) is 14.7. The van der Waals surface area contributed by atoms with Crippen molar-refractivity contribution in [1.82, 2.24) is 9.78 Å². The van der Waals surface area contributed by atoms with E-state index in [-0.39, 0.29) is 16.9 Å². The Labute approximate surface area is 153 Å². The van der Waals surface area contributed by atoms with Crippen molar-refractivity contribution in [1.29, 1.82) is 0 Å². The molecule has 0 aliphatic carbocycles. The number of hydrogen-bond acceptors (Lipinski definition) is 7. The second-order valence-electron chi connectivity index (χ2n) is 5.98. The van der Waals surface area contributed by atoms with E-state index in [1.807, 2.05) is 0 Å². The number of nitrogens with zero attached hydrogens (tertiary/aromatic N) is 4. The lowest BCUT2D eigenvalue weighted by atomic mass is 10.0. The van der Waals surface area contributed by atoms with E-state index in [0.29, 0.717) is 30.6 Å². The molecule has 0 atom stereocenters. The smallest absolute Gasteiger partial charge is 0.359 e. The molecule has 27 heavy (non-hydrogen) atoms. The number of aryl methyl sites for hydroxylation is 2. The Morgan fingerprint density at radius 3 is 2.78 bits per heavy atom. The lowest BCUT2D eigenvalue weighted by molar-refractivity contribution is -0.384. The fraction of sp³-hybridized carbons (Fsp3) is 0.294. The molecule has 1 aliphatic heterocycles. The van der Waals surface area contributed by atoms with Crippen molar-refractivity contribution in [2.24, 2.45) is 7.05 Å². The van der Waals surface area contributed by atoms with Crippen LogP contribution >= 0.6 is 0 Å². The molecule has 0 spiro atoms. The lowest BCUT2D eigenvalue weighted by Crippen LogP contribution is -2.38. The van der Waals surface area contributed by atoms with Crippen LogP contribution in [0.2, 0.25) is 0 Å². The average molecular weight is 372 g/mol. The van der Waals surface area contributed by atoms with Crippen molar-refractivity contribution in [3.63, 3.8) is 0 Å². The van der Waals surface area contributed by atoms with Crippen LogP contribution in [0.3, 0.4) is 0 Å². The van der Waals surface area contributed by atoms with E-state index in [0.717, 1.165) is 4.68 Å².